The molecule has 4 rings (SSSR count). The summed E-state index contributed by atoms with van der Waals surface area (Å²) in [6.45, 7) is 0.128. The number of rotatable bonds is 6. The highest BCUT2D eigenvalue weighted by Crippen LogP contribution is 2.11. The number of nitrogens with zero attached hydrogens (tertiary/aromatic N) is 1. The van der Waals surface area contributed by atoms with E-state index in [0.29, 0.717) is 0 Å². The first kappa shape index (κ1) is 22.0. The summed E-state index contributed by atoms with van der Waals surface area (Å²) >= 11 is 0. The van der Waals surface area contributed by atoms with Crippen LogP contribution >= 0.6 is 0 Å². The molecule has 0 aliphatic carbocycles. The third kappa shape index (κ3) is 6.13. The van der Waals surface area contributed by atoms with Crippen molar-refractivity contribution in [1.29, 1.82) is 0 Å². The highest BCUT2D eigenvalue weighted by Gasteiger charge is 2.21. The van der Waals surface area contributed by atoms with Crippen molar-refractivity contribution in [3.63, 3.8) is 0 Å². The third-order valence-electron chi connectivity index (χ3n) is 4.91. The van der Waals surface area contributed by atoms with Gasteiger partial charge in [0.05, 0.1) is 21.3 Å². The molecule has 0 radical (unpaired) electrons. The van der Waals surface area contributed by atoms with Gasteiger partial charge in [-0.05, 0) is 48.5 Å². The molecule has 1 heterocycles. The van der Waals surface area contributed by atoms with Crippen molar-refractivity contribution in [2.24, 2.45) is 0 Å². The maximum atomic E-state index is 5.29. The standard InChI is InChI=1S/C21H21BO3.C5H5N/c1-23-19-10-4-16(5-11-19)22(17-6-12-20(24-2)13-7-17)18-8-14-21(25-3)15-9-18;1-2-4-6-5-3-1/h4-15H,1-3H3;1-5H. The lowest BCUT2D eigenvalue weighted by Crippen LogP contribution is -2.51. The second kappa shape index (κ2) is 11.5. The minimum absolute atomic E-state index is 0.128. The zero-order chi connectivity index (χ0) is 21.9. The minimum atomic E-state index is 0.128. The Balaban J connectivity index is 0.000000391. The fraction of sp³-hybridized carbons (Fsp3) is 0.115. The fourth-order valence-electron chi connectivity index (χ4n) is 3.28. The van der Waals surface area contributed by atoms with Crippen LogP contribution < -0.4 is 30.6 Å². The van der Waals surface area contributed by atoms with Gasteiger partial charge in [-0.1, -0.05) is 58.9 Å². The van der Waals surface area contributed by atoms with E-state index in [1.165, 1.54) is 16.4 Å². The zero-order valence-corrected chi connectivity index (χ0v) is 18.1. The molecule has 0 saturated carbocycles. The van der Waals surface area contributed by atoms with Crippen LogP contribution in [0.25, 0.3) is 0 Å². The predicted molar refractivity (Wildman–Crippen MR) is 128 cm³/mol. The van der Waals surface area contributed by atoms with E-state index in [2.05, 4.69) is 41.4 Å². The highest BCUT2D eigenvalue weighted by molar-refractivity contribution is 6.95. The Hall–Kier alpha value is -3.73. The Kier molecular flexibility index (Phi) is 8.12. The van der Waals surface area contributed by atoms with Crippen molar-refractivity contribution >= 4 is 23.1 Å². The van der Waals surface area contributed by atoms with Crippen molar-refractivity contribution in [2.75, 3.05) is 21.3 Å². The van der Waals surface area contributed by atoms with Crippen molar-refractivity contribution in [3.8, 4) is 17.2 Å². The van der Waals surface area contributed by atoms with E-state index in [1.54, 1.807) is 33.7 Å². The van der Waals surface area contributed by atoms with Gasteiger partial charge in [0, 0.05) is 12.4 Å². The van der Waals surface area contributed by atoms with Crippen LogP contribution in [0, 0.1) is 0 Å². The molecule has 4 nitrogen and oxygen atoms in total. The molecule has 4 aromatic rings. The monoisotopic (exact) mass is 411 g/mol. The predicted octanol–water partition coefficient (Wildman–Crippen LogP) is 3.31. The SMILES string of the molecule is COc1ccc(B(c2ccc(OC)cc2)c2ccc(OC)cc2)cc1.c1ccncc1. The van der Waals surface area contributed by atoms with E-state index in [4.69, 9.17) is 14.2 Å². The summed E-state index contributed by atoms with van der Waals surface area (Å²) in [5, 5.41) is 0. The van der Waals surface area contributed by atoms with E-state index >= 15 is 0 Å². The molecule has 0 N–H and O–H groups in total. The van der Waals surface area contributed by atoms with Crippen LogP contribution in [0.15, 0.2) is 103 Å². The minimum Gasteiger partial charge on any atom is -0.497 e. The van der Waals surface area contributed by atoms with Crippen LogP contribution in [-0.4, -0.2) is 33.0 Å². The maximum absolute atomic E-state index is 5.29. The Morgan fingerprint density at radius 2 is 0.806 bits per heavy atom. The lowest BCUT2D eigenvalue weighted by atomic mass is 9.37. The average Bonchev–Trinajstić information content (AvgIpc) is 2.87. The first-order chi connectivity index (χ1) is 15.2. The summed E-state index contributed by atoms with van der Waals surface area (Å²) in [5.41, 5.74) is 3.61. The van der Waals surface area contributed by atoms with Crippen molar-refractivity contribution in [2.45, 2.75) is 0 Å². The first-order valence-corrected chi connectivity index (χ1v) is 10.0. The van der Waals surface area contributed by atoms with E-state index in [0.717, 1.165) is 17.2 Å². The summed E-state index contributed by atoms with van der Waals surface area (Å²) in [4.78, 5) is 3.78. The Morgan fingerprint density at radius 1 is 0.484 bits per heavy atom. The molecule has 0 unspecified atom stereocenters. The number of methoxy groups -OCH3 is 3. The lowest BCUT2D eigenvalue weighted by Gasteiger charge is -2.17. The van der Waals surface area contributed by atoms with Gasteiger partial charge >= 0.3 is 0 Å². The van der Waals surface area contributed by atoms with Gasteiger partial charge in [0.2, 0.25) is 6.71 Å². The van der Waals surface area contributed by atoms with Gasteiger partial charge in [-0.3, -0.25) is 4.98 Å². The normalized spacial score (nSPS) is 9.77. The van der Waals surface area contributed by atoms with Crippen LogP contribution in [0.2, 0.25) is 0 Å². The van der Waals surface area contributed by atoms with Gasteiger partial charge in [0.1, 0.15) is 17.2 Å². The maximum Gasteiger partial charge on any atom is 0.241 e. The first-order valence-electron chi connectivity index (χ1n) is 10.0. The number of pyridine rings is 1. The molecule has 0 atom stereocenters. The van der Waals surface area contributed by atoms with Crippen molar-refractivity contribution < 1.29 is 14.2 Å². The van der Waals surface area contributed by atoms with Gasteiger partial charge in [-0.15, -0.1) is 0 Å². The Morgan fingerprint density at radius 3 is 1.00 bits per heavy atom. The quantitative estimate of drug-likeness (QED) is 0.457. The molecule has 1 aromatic heterocycles. The summed E-state index contributed by atoms with van der Waals surface area (Å²) in [6, 6.07) is 30.3. The molecule has 31 heavy (non-hydrogen) atoms. The topological polar surface area (TPSA) is 40.6 Å². The van der Waals surface area contributed by atoms with E-state index in [1.807, 2.05) is 54.6 Å². The molecule has 5 heteroatoms. The highest BCUT2D eigenvalue weighted by atomic mass is 16.5. The van der Waals surface area contributed by atoms with Gasteiger partial charge in [-0.25, -0.2) is 0 Å². The molecular weight excluding hydrogens is 385 g/mol. The average molecular weight is 411 g/mol. The second-order valence-electron chi connectivity index (χ2n) is 6.78. The van der Waals surface area contributed by atoms with Crippen LogP contribution in [0.3, 0.4) is 0 Å². The van der Waals surface area contributed by atoms with E-state index in [-0.39, 0.29) is 6.71 Å². The Bertz CT molecular complexity index is 881. The summed E-state index contributed by atoms with van der Waals surface area (Å²) < 4.78 is 15.9. The van der Waals surface area contributed by atoms with Crippen molar-refractivity contribution in [3.05, 3.63) is 103 Å². The summed E-state index contributed by atoms with van der Waals surface area (Å²) in [6.07, 6.45) is 3.50. The number of benzene rings is 3. The fourth-order valence-corrected chi connectivity index (χ4v) is 3.28. The smallest absolute Gasteiger partial charge is 0.241 e. The molecule has 0 bridgehead atoms. The molecule has 0 spiro atoms. The van der Waals surface area contributed by atoms with Crippen LogP contribution in [0.4, 0.5) is 0 Å². The molecular formula is C26H26BNO3. The summed E-state index contributed by atoms with van der Waals surface area (Å²) in [5.74, 6) is 2.56. The van der Waals surface area contributed by atoms with Crippen molar-refractivity contribution in [1.82, 2.24) is 4.98 Å². The number of hydrogen-bond acceptors (Lipinski definition) is 4. The lowest BCUT2D eigenvalue weighted by molar-refractivity contribution is 0.415. The number of aromatic nitrogens is 1. The second-order valence-corrected chi connectivity index (χ2v) is 6.78. The molecule has 0 fully saturated rings. The molecule has 0 amide bonds. The largest absolute Gasteiger partial charge is 0.497 e. The third-order valence-corrected chi connectivity index (χ3v) is 4.91. The van der Waals surface area contributed by atoms with E-state index in [9.17, 15) is 0 Å². The molecule has 156 valence electrons. The van der Waals surface area contributed by atoms with Gasteiger partial charge in [0.15, 0.2) is 0 Å². The number of hydrogen-bond donors (Lipinski definition) is 0. The van der Waals surface area contributed by atoms with Crippen LogP contribution in [0.1, 0.15) is 0 Å². The van der Waals surface area contributed by atoms with E-state index < -0.39 is 0 Å². The van der Waals surface area contributed by atoms with Gasteiger partial charge in [0.25, 0.3) is 0 Å². The Labute approximate surface area is 184 Å². The molecule has 0 aliphatic heterocycles. The summed E-state index contributed by atoms with van der Waals surface area (Å²) in [7, 11) is 5.04. The molecule has 0 aliphatic rings. The number of ether oxygens (including phenoxy) is 3. The molecule has 3 aromatic carbocycles. The van der Waals surface area contributed by atoms with Gasteiger partial charge in [-0.2, -0.15) is 0 Å². The van der Waals surface area contributed by atoms with Crippen LogP contribution in [-0.2, 0) is 0 Å². The van der Waals surface area contributed by atoms with Gasteiger partial charge < -0.3 is 14.2 Å². The molecule has 0 saturated heterocycles. The zero-order valence-electron chi connectivity index (χ0n) is 18.1. The van der Waals surface area contributed by atoms with Crippen LogP contribution in [0.5, 0.6) is 17.2 Å².